The Morgan fingerprint density at radius 2 is 1.68 bits per heavy atom. The van der Waals surface area contributed by atoms with Crippen LogP contribution in [0.3, 0.4) is 0 Å². The van der Waals surface area contributed by atoms with E-state index in [1.165, 1.54) is 84.0 Å². The maximum absolute atomic E-state index is 14.4. The minimum absolute atomic E-state index is 0.00743. The van der Waals surface area contributed by atoms with Crippen molar-refractivity contribution in [3.05, 3.63) is 77.3 Å². The fourth-order valence-electron chi connectivity index (χ4n) is 5.56. The van der Waals surface area contributed by atoms with E-state index in [9.17, 15) is 26.7 Å². The summed E-state index contributed by atoms with van der Waals surface area (Å²) in [5, 5.41) is 10.6. The number of likely N-dealkylation sites (N-methyl/N-ethyl adjacent to an activating group) is 1. The highest BCUT2D eigenvalue weighted by molar-refractivity contribution is 7.92. The molecule has 4 rings (SSSR count). The third-order valence-electron chi connectivity index (χ3n) is 8.63. The number of hydrogen-bond donors (Lipinski definition) is 2. The van der Waals surface area contributed by atoms with E-state index >= 15 is 0 Å². The number of carbonyl (C=O) groups excluding carboxylic acids is 1. The van der Waals surface area contributed by atoms with Gasteiger partial charge in [0.1, 0.15) is 11.5 Å². The third-order valence-corrected chi connectivity index (χ3v) is 12.1. The van der Waals surface area contributed by atoms with Gasteiger partial charge in [-0.1, -0.05) is 18.5 Å². The van der Waals surface area contributed by atoms with Crippen molar-refractivity contribution in [2.24, 2.45) is 5.92 Å². The molecular formula is C35H46ClN3O9S2. The molecule has 2 N–H and O–H groups in total. The number of halogens is 1. The van der Waals surface area contributed by atoms with Gasteiger partial charge in [0.15, 0.2) is 0 Å². The lowest BCUT2D eigenvalue weighted by molar-refractivity contribution is -0.00833. The van der Waals surface area contributed by atoms with Crippen LogP contribution in [-0.4, -0.2) is 95.8 Å². The van der Waals surface area contributed by atoms with Gasteiger partial charge in [-0.05, 0) is 99.8 Å². The summed E-state index contributed by atoms with van der Waals surface area (Å²) in [4.78, 5) is 16.0. The van der Waals surface area contributed by atoms with Gasteiger partial charge < -0.3 is 24.2 Å². The monoisotopic (exact) mass is 751 g/mol. The summed E-state index contributed by atoms with van der Waals surface area (Å²) in [6, 6.07) is 15.7. The summed E-state index contributed by atoms with van der Waals surface area (Å²) in [5.74, 6) is -0.110. The summed E-state index contributed by atoms with van der Waals surface area (Å²) in [5.41, 5.74) is 0.251. The Labute approximate surface area is 300 Å². The number of aliphatic hydroxyl groups is 1. The fourth-order valence-corrected chi connectivity index (χ4v) is 7.91. The lowest BCUT2D eigenvalue weighted by Gasteiger charge is -2.35. The number of fused-ring (bicyclic) bond motifs is 1. The molecule has 0 saturated heterocycles. The first-order chi connectivity index (χ1) is 23.7. The Hall–Kier alpha value is -3.40. The van der Waals surface area contributed by atoms with E-state index < -0.39 is 38.1 Å². The Bertz CT molecular complexity index is 1810. The zero-order chi connectivity index (χ0) is 36.6. The number of hydrogen-bond acceptors (Lipinski definition) is 9. The molecule has 15 heteroatoms. The number of nitrogens with zero attached hydrogens (tertiary/aromatic N) is 2. The van der Waals surface area contributed by atoms with Crippen LogP contribution < -0.4 is 14.2 Å². The van der Waals surface area contributed by atoms with Gasteiger partial charge in [-0.3, -0.25) is 9.52 Å². The van der Waals surface area contributed by atoms with Crippen molar-refractivity contribution in [3.8, 4) is 11.5 Å². The van der Waals surface area contributed by atoms with Crippen LogP contribution in [0, 0.1) is 5.92 Å². The van der Waals surface area contributed by atoms with E-state index in [4.69, 9.17) is 25.8 Å². The van der Waals surface area contributed by atoms with Crippen molar-refractivity contribution in [1.29, 1.82) is 0 Å². The topological polar surface area (TPSA) is 152 Å². The molecule has 0 saturated carbocycles. The Balaban J connectivity index is 1.67. The van der Waals surface area contributed by atoms with Crippen molar-refractivity contribution in [2.45, 2.75) is 68.1 Å². The quantitative estimate of drug-likeness (QED) is 0.283. The molecule has 4 atom stereocenters. The first kappa shape index (κ1) is 39.4. The summed E-state index contributed by atoms with van der Waals surface area (Å²) in [6.45, 7) is 5.56. The van der Waals surface area contributed by atoms with Crippen molar-refractivity contribution >= 4 is 43.2 Å². The molecule has 1 aliphatic heterocycles. The lowest BCUT2D eigenvalue weighted by atomic mass is 10.0. The van der Waals surface area contributed by atoms with E-state index in [-0.39, 0.29) is 58.5 Å². The number of nitrogens with one attached hydrogen (secondary N) is 1. The lowest BCUT2D eigenvalue weighted by Crippen LogP contribution is -2.48. The van der Waals surface area contributed by atoms with Crippen LogP contribution in [0.25, 0.3) is 0 Å². The number of anilines is 1. The zero-order valence-electron chi connectivity index (χ0n) is 28.9. The Kier molecular flexibility index (Phi) is 13.6. The Morgan fingerprint density at radius 1 is 1.02 bits per heavy atom. The van der Waals surface area contributed by atoms with Crippen LogP contribution in [0.2, 0.25) is 5.02 Å². The molecule has 1 aliphatic rings. The molecule has 274 valence electrons. The molecule has 0 spiro atoms. The highest BCUT2D eigenvalue weighted by atomic mass is 35.5. The first-order valence-electron chi connectivity index (χ1n) is 16.4. The van der Waals surface area contributed by atoms with Gasteiger partial charge in [-0.15, -0.1) is 0 Å². The first-order valence-corrected chi connectivity index (χ1v) is 19.7. The summed E-state index contributed by atoms with van der Waals surface area (Å²) >= 11 is 5.98. The third kappa shape index (κ3) is 9.89. The normalized spacial score (nSPS) is 20.4. The van der Waals surface area contributed by atoms with Gasteiger partial charge in [0.25, 0.3) is 15.9 Å². The average Bonchev–Trinajstić information content (AvgIpc) is 3.09. The maximum atomic E-state index is 14.4. The molecular weight excluding hydrogens is 706 g/mol. The second-order valence-electron chi connectivity index (χ2n) is 12.5. The summed E-state index contributed by atoms with van der Waals surface area (Å²) in [7, 11) is -4.94. The van der Waals surface area contributed by atoms with Crippen molar-refractivity contribution in [1.82, 2.24) is 9.21 Å². The van der Waals surface area contributed by atoms with Gasteiger partial charge >= 0.3 is 0 Å². The van der Waals surface area contributed by atoms with Crippen LogP contribution in [0.15, 0.2) is 76.5 Å². The standard InChI is InChI=1S/C35H46ClN3O9S2/c1-24-21-39(25(2)23-40)35(41)32-20-28(37-49(42,43)30-16-12-29(46-5)13-17-30)11-18-33(32)48-26(3)8-6-7-19-47-34(24)22-38(4)50(44,45)31-14-9-27(36)10-15-31/h9-18,20,24-26,34,37,40H,6-8,19,21-23H2,1-5H3/t24-,25-,26-,34-/m0/s1. The number of sulfonamides is 2. The highest BCUT2D eigenvalue weighted by Gasteiger charge is 2.32. The summed E-state index contributed by atoms with van der Waals surface area (Å²) in [6.07, 6.45) is 1.18. The van der Waals surface area contributed by atoms with E-state index in [0.717, 1.165) is 6.42 Å². The molecule has 3 aromatic rings. The van der Waals surface area contributed by atoms with Crippen molar-refractivity contribution < 1.29 is 40.9 Å². The molecule has 0 aliphatic carbocycles. The number of rotatable bonds is 10. The number of benzene rings is 3. The van der Waals surface area contributed by atoms with Crippen LogP contribution in [0.4, 0.5) is 5.69 Å². The van der Waals surface area contributed by atoms with E-state index in [0.29, 0.717) is 30.2 Å². The number of aliphatic hydroxyl groups excluding tert-OH is 1. The predicted octanol–water partition coefficient (Wildman–Crippen LogP) is 5.27. The number of carbonyl (C=O) groups is 1. The number of amides is 1. The van der Waals surface area contributed by atoms with Crippen LogP contribution >= 0.6 is 11.6 Å². The highest BCUT2D eigenvalue weighted by Crippen LogP contribution is 2.30. The van der Waals surface area contributed by atoms with Crippen LogP contribution in [0.1, 0.15) is 50.4 Å². The smallest absolute Gasteiger partial charge is 0.261 e. The maximum Gasteiger partial charge on any atom is 0.261 e. The molecule has 0 radical (unpaired) electrons. The minimum atomic E-state index is -4.03. The van der Waals surface area contributed by atoms with Crippen molar-refractivity contribution in [2.75, 3.05) is 45.2 Å². The van der Waals surface area contributed by atoms with E-state index in [2.05, 4.69) is 4.72 Å². The molecule has 0 aromatic heterocycles. The van der Waals surface area contributed by atoms with Gasteiger partial charge in [0.05, 0.1) is 47.3 Å². The number of methoxy groups -OCH3 is 1. The van der Waals surface area contributed by atoms with Crippen LogP contribution in [0.5, 0.6) is 11.5 Å². The molecule has 12 nitrogen and oxygen atoms in total. The van der Waals surface area contributed by atoms with Crippen LogP contribution in [-0.2, 0) is 24.8 Å². The SMILES string of the molecule is COc1ccc(S(=O)(=O)Nc2ccc3c(c2)C(=O)N([C@@H](C)CO)C[C@H](C)[C@H](CN(C)S(=O)(=O)c2ccc(Cl)cc2)OCCCC[C@H](C)O3)cc1. The molecule has 0 fully saturated rings. The van der Waals surface area contributed by atoms with Gasteiger partial charge in [-0.2, -0.15) is 4.31 Å². The molecule has 0 unspecified atom stereocenters. The van der Waals surface area contributed by atoms with Crippen molar-refractivity contribution in [3.63, 3.8) is 0 Å². The predicted molar refractivity (Wildman–Crippen MR) is 192 cm³/mol. The fraction of sp³-hybridized carbons (Fsp3) is 0.457. The Morgan fingerprint density at radius 3 is 2.32 bits per heavy atom. The van der Waals surface area contributed by atoms with E-state index in [1.807, 2.05) is 13.8 Å². The zero-order valence-corrected chi connectivity index (χ0v) is 31.3. The largest absolute Gasteiger partial charge is 0.497 e. The average molecular weight is 752 g/mol. The second kappa shape index (κ2) is 17.2. The number of ether oxygens (including phenoxy) is 3. The molecule has 3 aromatic carbocycles. The molecule has 1 heterocycles. The van der Waals surface area contributed by atoms with Gasteiger partial charge in [0, 0.05) is 43.4 Å². The molecule has 0 bridgehead atoms. The molecule has 1 amide bonds. The van der Waals surface area contributed by atoms with E-state index in [1.54, 1.807) is 13.0 Å². The molecule has 50 heavy (non-hydrogen) atoms. The second-order valence-corrected chi connectivity index (χ2v) is 16.7. The summed E-state index contributed by atoms with van der Waals surface area (Å²) < 4.78 is 74.9. The minimum Gasteiger partial charge on any atom is -0.497 e. The van der Waals surface area contributed by atoms with Gasteiger partial charge in [0.2, 0.25) is 10.0 Å². The van der Waals surface area contributed by atoms with Gasteiger partial charge in [-0.25, -0.2) is 16.8 Å².